The van der Waals surface area contributed by atoms with E-state index in [9.17, 15) is 0 Å². The Morgan fingerprint density at radius 1 is 1.10 bits per heavy atom. The Morgan fingerprint density at radius 3 is 2.15 bits per heavy atom. The van der Waals surface area contributed by atoms with Gasteiger partial charge >= 0.3 is 0 Å². The normalized spacial score (nSPS) is 12.4. The molecule has 0 radical (unpaired) electrons. The van der Waals surface area contributed by atoms with Gasteiger partial charge in [-0.1, -0.05) is 12.2 Å². The molecule has 1 aromatic rings. The van der Waals surface area contributed by atoms with Crippen molar-refractivity contribution < 1.29 is 14.2 Å². The summed E-state index contributed by atoms with van der Waals surface area (Å²) in [5.74, 6) is 1.99. The summed E-state index contributed by atoms with van der Waals surface area (Å²) < 4.78 is 16.1. The van der Waals surface area contributed by atoms with Crippen LogP contribution in [0.25, 0.3) is 0 Å². The van der Waals surface area contributed by atoms with Gasteiger partial charge in [0.05, 0.1) is 21.3 Å². The minimum atomic E-state index is 0.217. The van der Waals surface area contributed by atoms with Crippen LogP contribution in [-0.2, 0) is 0 Å². The number of hydrogen-bond acceptors (Lipinski definition) is 4. The lowest BCUT2D eigenvalue weighted by Crippen LogP contribution is -2.19. The lowest BCUT2D eigenvalue weighted by molar-refractivity contribution is 0.323. The second-order valence-corrected chi connectivity index (χ2v) is 4.49. The minimum absolute atomic E-state index is 0.217. The second kappa shape index (κ2) is 8.48. The molecule has 0 saturated heterocycles. The van der Waals surface area contributed by atoms with Crippen LogP contribution in [-0.4, -0.2) is 27.9 Å². The summed E-state index contributed by atoms with van der Waals surface area (Å²) in [6.45, 7) is 5.08. The number of benzene rings is 1. The summed E-state index contributed by atoms with van der Waals surface area (Å²) in [5.41, 5.74) is 1.11. The van der Waals surface area contributed by atoms with Gasteiger partial charge in [-0.05, 0) is 44.5 Å². The molecule has 1 unspecified atom stereocenters. The largest absolute Gasteiger partial charge is 0.493 e. The highest BCUT2D eigenvalue weighted by molar-refractivity contribution is 5.54. The molecule has 0 heterocycles. The smallest absolute Gasteiger partial charge is 0.203 e. The summed E-state index contributed by atoms with van der Waals surface area (Å²) >= 11 is 0. The van der Waals surface area contributed by atoms with Crippen molar-refractivity contribution in [3.05, 3.63) is 29.8 Å². The van der Waals surface area contributed by atoms with Crippen LogP contribution >= 0.6 is 0 Å². The maximum absolute atomic E-state index is 5.37. The maximum atomic E-state index is 5.37. The molecule has 0 spiro atoms. The number of nitrogens with one attached hydrogen (secondary N) is 1. The van der Waals surface area contributed by atoms with Crippen LogP contribution in [0, 0.1) is 0 Å². The Kier molecular flexibility index (Phi) is 6.94. The molecule has 112 valence electrons. The van der Waals surface area contributed by atoms with Gasteiger partial charge < -0.3 is 19.5 Å². The lowest BCUT2D eigenvalue weighted by atomic mass is 10.1. The van der Waals surface area contributed by atoms with Crippen molar-refractivity contribution in [1.29, 1.82) is 0 Å². The lowest BCUT2D eigenvalue weighted by Gasteiger charge is -2.18. The van der Waals surface area contributed by atoms with E-state index in [0.717, 1.165) is 18.5 Å². The van der Waals surface area contributed by atoms with E-state index in [2.05, 4.69) is 24.4 Å². The first kappa shape index (κ1) is 16.4. The highest BCUT2D eigenvalue weighted by atomic mass is 16.5. The van der Waals surface area contributed by atoms with Gasteiger partial charge in [-0.25, -0.2) is 0 Å². The number of allylic oxidation sites excluding steroid dienone is 1. The SMILES string of the molecule is C/C=C/CCNC(C)c1cc(OC)c(OC)c(OC)c1. The molecule has 0 aliphatic rings. The zero-order valence-electron chi connectivity index (χ0n) is 13.0. The van der Waals surface area contributed by atoms with Crippen molar-refractivity contribution in [2.45, 2.75) is 26.3 Å². The Hall–Kier alpha value is -1.68. The first-order valence-electron chi connectivity index (χ1n) is 6.82. The number of methoxy groups -OCH3 is 3. The summed E-state index contributed by atoms with van der Waals surface area (Å²) in [6, 6.07) is 4.18. The van der Waals surface area contributed by atoms with Crippen molar-refractivity contribution in [3.8, 4) is 17.2 Å². The fourth-order valence-corrected chi connectivity index (χ4v) is 2.02. The maximum Gasteiger partial charge on any atom is 0.203 e. The van der Waals surface area contributed by atoms with Crippen molar-refractivity contribution >= 4 is 0 Å². The molecule has 0 saturated carbocycles. The van der Waals surface area contributed by atoms with E-state index in [0.29, 0.717) is 17.2 Å². The summed E-state index contributed by atoms with van der Waals surface area (Å²) in [5, 5.41) is 3.47. The van der Waals surface area contributed by atoms with Crippen molar-refractivity contribution in [3.63, 3.8) is 0 Å². The third kappa shape index (κ3) is 4.17. The van der Waals surface area contributed by atoms with Crippen LogP contribution in [0.15, 0.2) is 24.3 Å². The minimum Gasteiger partial charge on any atom is -0.493 e. The third-order valence-electron chi connectivity index (χ3n) is 3.18. The molecular weight excluding hydrogens is 254 g/mol. The molecule has 1 rings (SSSR count). The molecule has 4 heteroatoms. The molecule has 1 N–H and O–H groups in total. The van der Waals surface area contributed by atoms with E-state index in [1.54, 1.807) is 21.3 Å². The van der Waals surface area contributed by atoms with Gasteiger partial charge in [0.15, 0.2) is 11.5 Å². The van der Waals surface area contributed by atoms with Gasteiger partial charge in [0.1, 0.15) is 0 Å². The second-order valence-electron chi connectivity index (χ2n) is 4.49. The van der Waals surface area contributed by atoms with Gasteiger partial charge in [-0.3, -0.25) is 0 Å². The van der Waals surface area contributed by atoms with Gasteiger partial charge in [-0.2, -0.15) is 0 Å². The monoisotopic (exact) mass is 279 g/mol. The van der Waals surface area contributed by atoms with Crippen LogP contribution in [0.3, 0.4) is 0 Å². The van der Waals surface area contributed by atoms with E-state index >= 15 is 0 Å². The number of rotatable bonds is 8. The topological polar surface area (TPSA) is 39.7 Å². The molecule has 0 fully saturated rings. The van der Waals surface area contributed by atoms with E-state index in [1.807, 2.05) is 19.1 Å². The van der Waals surface area contributed by atoms with Crippen LogP contribution < -0.4 is 19.5 Å². The van der Waals surface area contributed by atoms with Gasteiger partial charge in [-0.15, -0.1) is 0 Å². The summed E-state index contributed by atoms with van der Waals surface area (Å²) in [4.78, 5) is 0. The number of ether oxygens (including phenoxy) is 3. The Labute approximate surface area is 121 Å². The highest BCUT2D eigenvalue weighted by Crippen LogP contribution is 2.39. The fraction of sp³-hybridized carbons (Fsp3) is 0.500. The molecule has 4 nitrogen and oxygen atoms in total. The molecule has 0 aromatic heterocycles. The summed E-state index contributed by atoms with van der Waals surface area (Å²) in [6.07, 6.45) is 5.23. The van der Waals surface area contributed by atoms with Crippen LogP contribution in [0.2, 0.25) is 0 Å². The first-order chi connectivity index (χ1) is 9.67. The van der Waals surface area contributed by atoms with E-state index in [-0.39, 0.29) is 6.04 Å². The Balaban J connectivity index is 2.88. The molecule has 20 heavy (non-hydrogen) atoms. The average molecular weight is 279 g/mol. The van der Waals surface area contributed by atoms with Gasteiger partial charge in [0.25, 0.3) is 0 Å². The molecule has 1 atom stereocenters. The first-order valence-corrected chi connectivity index (χ1v) is 6.82. The third-order valence-corrected chi connectivity index (χ3v) is 3.18. The van der Waals surface area contributed by atoms with Crippen LogP contribution in [0.1, 0.15) is 31.9 Å². The molecule has 0 bridgehead atoms. The number of hydrogen-bond donors (Lipinski definition) is 1. The van der Waals surface area contributed by atoms with E-state index in [1.165, 1.54) is 0 Å². The zero-order chi connectivity index (χ0) is 15.0. The highest BCUT2D eigenvalue weighted by Gasteiger charge is 2.15. The van der Waals surface area contributed by atoms with Gasteiger partial charge in [0, 0.05) is 6.04 Å². The average Bonchev–Trinajstić information content (AvgIpc) is 2.49. The van der Waals surface area contributed by atoms with Crippen LogP contribution in [0.5, 0.6) is 17.2 Å². The summed E-state index contributed by atoms with van der Waals surface area (Å²) in [7, 11) is 4.87. The molecule has 0 amide bonds. The van der Waals surface area contributed by atoms with E-state index < -0.39 is 0 Å². The van der Waals surface area contributed by atoms with Crippen LogP contribution in [0.4, 0.5) is 0 Å². The Morgan fingerprint density at radius 2 is 1.70 bits per heavy atom. The van der Waals surface area contributed by atoms with Crippen molar-refractivity contribution in [2.24, 2.45) is 0 Å². The molecule has 0 aliphatic carbocycles. The quantitative estimate of drug-likeness (QED) is 0.585. The van der Waals surface area contributed by atoms with Gasteiger partial charge in [0.2, 0.25) is 5.75 Å². The standard InChI is InChI=1S/C16H25NO3/c1-6-7-8-9-17-12(2)13-10-14(18-3)16(20-5)15(11-13)19-4/h6-7,10-12,17H,8-9H2,1-5H3/b7-6+. The molecule has 0 aliphatic heterocycles. The molecular formula is C16H25NO3. The predicted octanol–water partition coefficient (Wildman–Crippen LogP) is 3.33. The van der Waals surface area contributed by atoms with Crippen molar-refractivity contribution in [1.82, 2.24) is 5.32 Å². The van der Waals surface area contributed by atoms with Crippen molar-refractivity contribution in [2.75, 3.05) is 27.9 Å². The fourth-order valence-electron chi connectivity index (χ4n) is 2.02. The predicted molar refractivity (Wildman–Crippen MR) is 81.9 cm³/mol. The zero-order valence-corrected chi connectivity index (χ0v) is 13.0. The van der Waals surface area contributed by atoms with E-state index in [4.69, 9.17) is 14.2 Å². The Bertz CT molecular complexity index is 418. The molecule has 1 aromatic carbocycles.